The highest BCUT2D eigenvalue weighted by molar-refractivity contribution is 7.89. The molecule has 0 saturated carbocycles. The number of sulfonamides is 1. The number of hydrogen-bond acceptors (Lipinski definition) is 10. The first-order valence-corrected chi connectivity index (χ1v) is 15.5. The third-order valence-corrected chi connectivity index (χ3v) is 9.16. The SMILES string of the molecule is O=C(NC1=NCCCN1)C1CCN(c2ncnc3c2ncn3CC(NS(=O)(=O)c2ccc3ccccc3c2)C(=O)O)CC1. The molecule has 0 aliphatic carbocycles. The number of benzene rings is 2. The second-order valence-corrected chi connectivity index (χ2v) is 12.3. The smallest absolute Gasteiger partial charge is 0.323 e. The Morgan fingerprint density at radius 2 is 1.86 bits per heavy atom. The van der Waals surface area contributed by atoms with Crippen LogP contribution in [0, 0.1) is 5.92 Å². The number of fused-ring (bicyclic) bond motifs is 2. The van der Waals surface area contributed by atoms with E-state index in [0.717, 1.165) is 23.7 Å². The molecule has 2 aromatic heterocycles. The second-order valence-electron chi connectivity index (χ2n) is 10.5. The Labute approximate surface area is 247 Å². The van der Waals surface area contributed by atoms with Crippen molar-refractivity contribution in [1.82, 2.24) is 34.9 Å². The summed E-state index contributed by atoms with van der Waals surface area (Å²) in [5.74, 6) is -0.457. The van der Waals surface area contributed by atoms with Crippen LogP contribution in [0.2, 0.25) is 0 Å². The Balaban J connectivity index is 1.15. The molecule has 4 aromatic rings. The van der Waals surface area contributed by atoms with Crippen molar-refractivity contribution in [2.24, 2.45) is 10.9 Å². The van der Waals surface area contributed by atoms with Crippen LogP contribution in [-0.4, -0.2) is 83.1 Å². The van der Waals surface area contributed by atoms with Crippen molar-refractivity contribution in [2.75, 3.05) is 31.1 Å². The van der Waals surface area contributed by atoms with Gasteiger partial charge in [0.15, 0.2) is 22.9 Å². The Bertz CT molecular complexity index is 1820. The molecule has 1 unspecified atom stereocenters. The van der Waals surface area contributed by atoms with Crippen LogP contribution in [0.25, 0.3) is 21.9 Å². The third kappa shape index (κ3) is 6.12. The fourth-order valence-corrected chi connectivity index (χ4v) is 6.59. The van der Waals surface area contributed by atoms with Gasteiger partial charge in [-0.2, -0.15) is 4.72 Å². The molecule has 4 heterocycles. The van der Waals surface area contributed by atoms with Crippen LogP contribution in [0.4, 0.5) is 5.82 Å². The monoisotopic (exact) mass is 605 g/mol. The first kappa shape index (κ1) is 28.5. The average molecular weight is 606 g/mol. The van der Waals surface area contributed by atoms with Gasteiger partial charge in [0.05, 0.1) is 17.8 Å². The number of imidazole rings is 1. The van der Waals surface area contributed by atoms with Crippen molar-refractivity contribution < 1.29 is 23.1 Å². The summed E-state index contributed by atoms with van der Waals surface area (Å²) in [6.45, 7) is 2.38. The molecule has 2 aromatic carbocycles. The van der Waals surface area contributed by atoms with Gasteiger partial charge >= 0.3 is 5.97 Å². The zero-order valence-electron chi connectivity index (χ0n) is 23.2. The topological polar surface area (TPSA) is 184 Å². The summed E-state index contributed by atoms with van der Waals surface area (Å²) < 4.78 is 30.1. The summed E-state index contributed by atoms with van der Waals surface area (Å²) in [5.41, 5.74) is 0.843. The molecule has 224 valence electrons. The summed E-state index contributed by atoms with van der Waals surface area (Å²) in [6.07, 6.45) is 4.97. The van der Waals surface area contributed by atoms with Crippen molar-refractivity contribution in [2.45, 2.75) is 36.7 Å². The number of aromatic nitrogens is 4. The minimum atomic E-state index is -4.15. The van der Waals surface area contributed by atoms with Crippen molar-refractivity contribution in [3.05, 3.63) is 55.1 Å². The van der Waals surface area contributed by atoms with Gasteiger partial charge in [-0.15, -0.1) is 0 Å². The Morgan fingerprint density at radius 1 is 1.07 bits per heavy atom. The fourth-order valence-electron chi connectivity index (χ4n) is 5.37. The normalized spacial score (nSPS) is 16.9. The molecule has 1 fully saturated rings. The lowest BCUT2D eigenvalue weighted by Gasteiger charge is -2.32. The van der Waals surface area contributed by atoms with Crippen molar-refractivity contribution in [3.8, 4) is 0 Å². The number of aliphatic imine (C=N–C) groups is 1. The molecule has 2 aliphatic heterocycles. The first-order chi connectivity index (χ1) is 20.8. The number of guanidine groups is 1. The van der Waals surface area contributed by atoms with Gasteiger partial charge in [-0.1, -0.05) is 30.3 Å². The molecule has 0 bridgehead atoms. The van der Waals surface area contributed by atoms with Crippen LogP contribution in [0.3, 0.4) is 0 Å². The molecule has 4 N–H and O–H groups in total. The molecule has 43 heavy (non-hydrogen) atoms. The van der Waals surface area contributed by atoms with E-state index in [1.165, 1.54) is 29.4 Å². The second kappa shape index (κ2) is 11.9. The van der Waals surface area contributed by atoms with Gasteiger partial charge in [0.1, 0.15) is 12.4 Å². The van der Waals surface area contributed by atoms with E-state index >= 15 is 0 Å². The lowest BCUT2D eigenvalue weighted by atomic mass is 9.96. The highest BCUT2D eigenvalue weighted by Gasteiger charge is 2.30. The van der Waals surface area contributed by atoms with Gasteiger partial charge < -0.3 is 19.9 Å². The maximum absolute atomic E-state index is 13.2. The largest absolute Gasteiger partial charge is 0.480 e. The summed E-state index contributed by atoms with van der Waals surface area (Å²) in [4.78, 5) is 44.4. The molecular formula is C28H31N9O5S. The number of anilines is 1. The van der Waals surface area contributed by atoms with Crippen molar-refractivity contribution >= 4 is 55.6 Å². The quantitative estimate of drug-likeness (QED) is 0.227. The molecule has 0 spiro atoms. The number of aliphatic carboxylic acids is 1. The summed E-state index contributed by atoms with van der Waals surface area (Å²) in [6, 6.07) is 10.5. The molecule has 1 saturated heterocycles. The number of carboxylic acid groups (broad SMARTS) is 1. The zero-order chi connectivity index (χ0) is 30.0. The van der Waals surface area contributed by atoms with E-state index in [1.54, 1.807) is 18.2 Å². The minimum Gasteiger partial charge on any atom is -0.480 e. The van der Waals surface area contributed by atoms with E-state index in [-0.39, 0.29) is 23.3 Å². The Hall–Kier alpha value is -4.63. The fraction of sp³-hybridized carbons (Fsp3) is 0.357. The van der Waals surface area contributed by atoms with E-state index in [2.05, 4.69) is 35.3 Å². The van der Waals surface area contributed by atoms with Crippen molar-refractivity contribution in [3.63, 3.8) is 0 Å². The number of carboxylic acids is 1. The molecule has 6 rings (SSSR count). The number of carbonyl (C=O) groups excluding carboxylic acids is 1. The van der Waals surface area contributed by atoms with Crippen LogP contribution in [0.1, 0.15) is 19.3 Å². The van der Waals surface area contributed by atoms with Crippen LogP contribution in [0.15, 0.2) is 65.0 Å². The van der Waals surface area contributed by atoms with Gasteiger partial charge in [0.25, 0.3) is 0 Å². The van der Waals surface area contributed by atoms with E-state index in [9.17, 15) is 23.1 Å². The number of hydrogen-bond donors (Lipinski definition) is 4. The number of nitrogens with zero attached hydrogens (tertiary/aromatic N) is 6. The Kier molecular flexibility index (Phi) is 7.90. The molecule has 2 aliphatic rings. The lowest BCUT2D eigenvalue weighted by Crippen LogP contribution is -2.48. The highest BCUT2D eigenvalue weighted by atomic mass is 32.2. The number of amides is 1. The number of piperidine rings is 1. The highest BCUT2D eigenvalue weighted by Crippen LogP contribution is 2.27. The number of carbonyl (C=O) groups is 2. The maximum Gasteiger partial charge on any atom is 0.323 e. The van der Waals surface area contributed by atoms with Crippen molar-refractivity contribution in [1.29, 1.82) is 0 Å². The van der Waals surface area contributed by atoms with Crippen LogP contribution >= 0.6 is 0 Å². The predicted octanol–water partition coefficient (Wildman–Crippen LogP) is 1.09. The average Bonchev–Trinajstić information content (AvgIpc) is 3.43. The van der Waals surface area contributed by atoms with E-state index in [0.29, 0.717) is 55.4 Å². The Morgan fingerprint density at radius 3 is 2.60 bits per heavy atom. The molecule has 14 nitrogen and oxygen atoms in total. The molecule has 0 radical (unpaired) electrons. The predicted molar refractivity (Wildman–Crippen MR) is 159 cm³/mol. The lowest BCUT2D eigenvalue weighted by molar-refractivity contribution is -0.139. The number of rotatable bonds is 8. The molecule has 1 amide bonds. The van der Waals surface area contributed by atoms with Gasteiger partial charge in [0.2, 0.25) is 15.9 Å². The third-order valence-electron chi connectivity index (χ3n) is 7.69. The standard InChI is InChI=1S/C28H31N9O5S/c38-26(34-28-29-10-3-11-30-28)19-8-12-36(13-9-19)24-23-25(32-16-31-24)37(17-33-23)15-22(27(39)40)35-43(41,42)21-7-6-18-4-1-2-5-20(18)14-21/h1-2,4-7,14,16-17,19,22,35H,3,8-13,15H2,(H,39,40)(H2,29,30,34,38). The van der Waals surface area contributed by atoms with E-state index in [1.807, 2.05) is 17.0 Å². The van der Waals surface area contributed by atoms with E-state index < -0.39 is 22.0 Å². The van der Waals surface area contributed by atoms with Gasteiger partial charge in [0, 0.05) is 32.1 Å². The van der Waals surface area contributed by atoms with Crippen LogP contribution < -0.4 is 20.3 Å². The summed E-state index contributed by atoms with van der Waals surface area (Å²) >= 11 is 0. The number of nitrogens with one attached hydrogen (secondary N) is 3. The summed E-state index contributed by atoms with van der Waals surface area (Å²) in [7, 11) is -4.15. The summed E-state index contributed by atoms with van der Waals surface area (Å²) in [5, 5.41) is 17.5. The van der Waals surface area contributed by atoms with Gasteiger partial charge in [-0.25, -0.2) is 23.4 Å². The maximum atomic E-state index is 13.2. The first-order valence-electron chi connectivity index (χ1n) is 14.0. The van der Waals surface area contributed by atoms with Crippen LogP contribution in [0.5, 0.6) is 0 Å². The van der Waals surface area contributed by atoms with Gasteiger partial charge in [-0.3, -0.25) is 19.9 Å². The van der Waals surface area contributed by atoms with Crippen LogP contribution in [-0.2, 0) is 26.2 Å². The zero-order valence-corrected chi connectivity index (χ0v) is 24.0. The molecular weight excluding hydrogens is 574 g/mol. The van der Waals surface area contributed by atoms with E-state index in [4.69, 9.17) is 0 Å². The molecule has 15 heteroatoms. The molecule has 1 atom stereocenters. The minimum absolute atomic E-state index is 0.0300. The van der Waals surface area contributed by atoms with Gasteiger partial charge in [-0.05, 0) is 42.2 Å².